The molecule has 1 saturated heterocycles. The van der Waals surface area contributed by atoms with Crippen molar-refractivity contribution in [3.05, 3.63) is 11.9 Å². The molecular weight excluding hydrogens is 166 g/mol. The van der Waals surface area contributed by atoms with Crippen LogP contribution in [0.2, 0.25) is 0 Å². The standard InChI is InChI=1S/C9H15N3O/c1-4-8(10-2)12-6-5-11(3)9(13)7-12/h4H,2,5-7H2,1,3H3. The summed E-state index contributed by atoms with van der Waals surface area (Å²) in [6, 6.07) is 0. The van der Waals surface area contributed by atoms with Crippen LogP contribution in [-0.2, 0) is 4.79 Å². The molecule has 4 nitrogen and oxygen atoms in total. The highest BCUT2D eigenvalue weighted by molar-refractivity contribution is 5.79. The Bertz CT molecular complexity index is 247. The Balaban J connectivity index is 2.64. The minimum Gasteiger partial charge on any atom is -0.346 e. The number of piperazine rings is 1. The summed E-state index contributed by atoms with van der Waals surface area (Å²) in [6.07, 6.45) is 1.87. The summed E-state index contributed by atoms with van der Waals surface area (Å²) >= 11 is 0. The molecule has 1 aliphatic heterocycles. The number of carbonyl (C=O) groups excluding carboxylic acids is 1. The third-order valence-electron chi connectivity index (χ3n) is 2.20. The van der Waals surface area contributed by atoms with Gasteiger partial charge in [-0.25, -0.2) is 4.99 Å². The Hall–Kier alpha value is -1.32. The number of allylic oxidation sites excluding steroid dienone is 1. The number of aliphatic imine (C=N–C) groups is 1. The van der Waals surface area contributed by atoms with E-state index in [0.29, 0.717) is 6.54 Å². The lowest BCUT2D eigenvalue weighted by molar-refractivity contribution is -0.133. The lowest BCUT2D eigenvalue weighted by atomic mass is 10.3. The molecule has 0 bridgehead atoms. The largest absolute Gasteiger partial charge is 0.346 e. The molecule has 0 radical (unpaired) electrons. The second-order valence-electron chi connectivity index (χ2n) is 3.04. The van der Waals surface area contributed by atoms with E-state index in [9.17, 15) is 4.79 Å². The molecule has 0 unspecified atom stereocenters. The Kier molecular flexibility index (Phi) is 3.06. The van der Waals surface area contributed by atoms with Crippen molar-refractivity contribution in [2.45, 2.75) is 6.92 Å². The molecule has 0 aromatic rings. The van der Waals surface area contributed by atoms with Gasteiger partial charge in [0.1, 0.15) is 5.82 Å². The van der Waals surface area contributed by atoms with E-state index in [0.717, 1.165) is 18.9 Å². The van der Waals surface area contributed by atoms with Gasteiger partial charge < -0.3 is 9.80 Å². The first-order chi connectivity index (χ1) is 6.19. The van der Waals surface area contributed by atoms with E-state index >= 15 is 0 Å². The number of hydrogen-bond donors (Lipinski definition) is 0. The van der Waals surface area contributed by atoms with E-state index < -0.39 is 0 Å². The topological polar surface area (TPSA) is 35.9 Å². The third kappa shape index (κ3) is 2.08. The second-order valence-corrected chi connectivity index (χ2v) is 3.04. The first kappa shape index (κ1) is 9.77. The van der Waals surface area contributed by atoms with Crippen molar-refractivity contribution in [3.63, 3.8) is 0 Å². The van der Waals surface area contributed by atoms with Crippen LogP contribution in [0.3, 0.4) is 0 Å². The average molecular weight is 181 g/mol. The summed E-state index contributed by atoms with van der Waals surface area (Å²) in [7, 11) is 1.82. The first-order valence-corrected chi connectivity index (χ1v) is 4.31. The van der Waals surface area contributed by atoms with Gasteiger partial charge in [-0.1, -0.05) is 0 Å². The molecule has 1 aliphatic rings. The number of likely N-dealkylation sites (N-methyl/N-ethyl adjacent to an activating group) is 1. The molecular formula is C9H15N3O. The van der Waals surface area contributed by atoms with Crippen LogP contribution in [-0.4, -0.2) is 49.1 Å². The highest BCUT2D eigenvalue weighted by Crippen LogP contribution is 2.09. The van der Waals surface area contributed by atoms with Gasteiger partial charge in [-0.05, 0) is 19.7 Å². The fourth-order valence-electron chi connectivity index (χ4n) is 1.33. The van der Waals surface area contributed by atoms with Gasteiger partial charge >= 0.3 is 0 Å². The fraction of sp³-hybridized carbons (Fsp3) is 0.556. The van der Waals surface area contributed by atoms with E-state index in [1.807, 2.05) is 24.9 Å². The van der Waals surface area contributed by atoms with E-state index in [4.69, 9.17) is 0 Å². The number of carbonyl (C=O) groups is 1. The first-order valence-electron chi connectivity index (χ1n) is 4.31. The van der Waals surface area contributed by atoms with Crippen LogP contribution < -0.4 is 0 Å². The molecule has 1 amide bonds. The lowest BCUT2D eigenvalue weighted by Gasteiger charge is -2.33. The zero-order valence-electron chi connectivity index (χ0n) is 8.16. The van der Waals surface area contributed by atoms with Gasteiger partial charge in [0, 0.05) is 20.1 Å². The Morgan fingerprint density at radius 2 is 2.31 bits per heavy atom. The highest BCUT2D eigenvalue weighted by Gasteiger charge is 2.21. The van der Waals surface area contributed by atoms with Crippen LogP contribution in [0.15, 0.2) is 16.9 Å². The Morgan fingerprint density at radius 1 is 1.62 bits per heavy atom. The molecule has 1 rings (SSSR count). The smallest absolute Gasteiger partial charge is 0.241 e. The summed E-state index contributed by atoms with van der Waals surface area (Å²) in [5, 5.41) is 0. The number of rotatable bonds is 2. The van der Waals surface area contributed by atoms with Gasteiger partial charge in [0.15, 0.2) is 0 Å². The average Bonchev–Trinajstić information content (AvgIpc) is 2.13. The molecule has 72 valence electrons. The van der Waals surface area contributed by atoms with E-state index in [1.54, 1.807) is 4.90 Å². The maximum Gasteiger partial charge on any atom is 0.241 e. The minimum absolute atomic E-state index is 0.134. The Morgan fingerprint density at radius 3 is 2.77 bits per heavy atom. The van der Waals surface area contributed by atoms with Gasteiger partial charge in [0.2, 0.25) is 5.91 Å². The van der Waals surface area contributed by atoms with Crippen molar-refractivity contribution in [3.8, 4) is 0 Å². The van der Waals surface area contributed by atoms with Crippen LogP contribution in [0.1, 0.15) is 6.92 Å². The quantitative estimate of drug-likeness (QED) is 0.575. The molecule has 0 aromatic heterocycles. The van der Waals surface area contributed by atoms with Crippen molar-refractivity contribution in [1.29, 1.82) is 0 Å². The van der Waals surface area contributed by atoms with Gasteiger partial charge in [-0.3, -0.25) is 4.79 Å². The summed E-state index contributed by atoms with van der Waals surface area (Å²) in [5.74, 6) is 0.927. The summed E-state index contributed by atoms with van der Waals surface area (Å²) in [6.45, 7) is 7.36. The molecule has 0 aromatic carbocycles. The number of amides is 1. The zero-order valence-corrected chi connectivity index (χ0v) is 8.16. The molecule has 0 aliphatic carbocycles. The lowest BCUT2D eigenvalue weighted by Crippen LogP contribution is -2.47. The molecule has 0 saturated carbocycles. The van der Waals surface area contributed by atoms with E-state index in [-0.39, 0.29) is 5.91 Å². The summed E-state index contributed by atoms with van der Waals surface area (Å²) < 4.78 is 0. The predicted octanol–water partition coefficient (Wildman–Crippen LogP) is 0.322. The van der Waals surface area contributed by atoms with Crippen LogP contribution in [0.4, 0.5) is 0 Å². The van der Waals surface area contributed by atoms with Crippen molar-refractivity contribution in [2.24, 2.45) is 4.99 Å². The van der Waals surface area contributed by atoms with Gasteiger partial charge in [-0.2, -0.15) is 0 Å². The molecule has 4 heteroatoms. The SMILES string of the molecule is C=NC(=CC)N1CCN(C)C(=O)C1. The molecule has 0 spiro atoms. The number of nitrogens with zero attached hydrogens (tertiary/aromatic N) is 3. The molecule has 13 heavy (non-hydrogen) atoms. The second kappa shape index (κ2) is 4.07. The summed E-state index contributed by atoms with van der Waals surface area (Å²) in [4.78, 5) is 18.9. The molecule has 1 fully saturated rings. The van der Waals surface area contributed by atoms with Crippen LogP contribution >= 0.6 is 0 Å². The van der Waals surface area contributed by atoms with E-state index in [1.165, 1.54) is 0 Å². The molecule has 1 heterocycles. The molecule has 0 atom stereocenters. The normalized spacial score (nSPS) is 19.2. The fourth-order valence-corrected chi connectivity index (χ4v) is 1.33. The maximum atomic E-state index is 11.3. The van der Waals surface area contributed by atoms with Gasteiger partial charge in [-0.15, -0.1) is 0 Å². The van der Waals surface area contributed by atoms with Crippen molar-refractivity contribution in [1.82, 2.24) is 9.80 Å². The van der Waals surface area contributed by atoms with Crippen molar-refractivity contribution in [2.75, 3.05) is 26.7 Å². The van der Waals surface area contributed by atoms with Gasteiger partial charge in [0.05, 0.1) is 6.54 Å². The third-order valence-corrected chi connectivity index (χ3v) is 2.20. The number of hydrogen-bond acceptors (Lipinski definition) is 3. The maximum absolute atomic E-state index is 11.3. The van der Waals surface area contributed by atoms with Crippen LogP contribution in [0, 0.1) is 0 Å². The van der Waals surface area contributed by atoms with Gasteiger partial charge in [0.25, 0.3) is 0 Å². The summed E-state index contributed by atoms with van der Waals surface area (Å²) in [5.41, 5.74) is 0. The highest BCUT2D eigenvalue weighted by atomic mass is 16.2. The Labute approximate surface area is 78.5 Å². The minimum atomic E-state index is 0.134. The zero-order chi connectivity index (χ0) is 9.84. The monoisotopic (exact) mass is 181 g/mol. The van der Waals surface area contributed by atoms with Crippen molar-refractivity contribution < 1.29 is 4.79 Å². The van der Waals surface area contributed by atoms with E-state index in [2.05, 4.69) is 11.7 Å². The van der Waals surface area contributed by atoms with Crippen LogP contribution in [0.25, 0.3) is 0 Å². The van der Waals surface area contributed by atoms with Crippen molar-refractivity contribution >= 4 is 12.6 Å². The predicted molar refractivity (Wildman–Crippen MR) is 52.5 cm³/mol. The van der Waals surface area contributed by atoms with Crippen LogP contribution in [0.5, 0.6) is 0 Å². The molecule has 0 N–H and O–H groups in total.